The van der Waals surface area contributed by atoms with Gasteiger partial charge in [-0.25, -0.2) is 0 Å². The summed E-state index contributed by atoms with van der Waals surface area (Å²) in [6.07, 6.45) is -0.823. The first kappa shape index (κ1) is 10.4. The Balaban J connectivity index is 2.44. The molecule has 1 fully saturated rings. The van der Waals surface area contributed by atoms with Gasteiger partial charge in [-0.3, -0.25) is 4.79 Å². The van der Waals surface area contributed by atoms with Crippen LogP contribution in [0.1, 0.15) is 6.92 Å². The number of hydrogen-bond donors (Lipinski definition) is 2. The first-order valence-electron chi connectivity index (χ1n) is 4.46. The van der Waals surface area contributed by atoms with E-state index in [-0.39, 0.29) is 18.6 Å². The number of hydrogen-bond acceptors (Lipinski definition) is 4. The topological polar surface area (TPSA) is 75.8 Å². The van der Waals surface area contributed by atoms with Crippen molar-refractivity contribution in [2.24, 2.45) is 5.73 Å². The molecular formula is C8H16N2O3. The maximum Gasteiger partial charge on any atom is 0.236 e. The molecule has 5 heteroatoms. The predicted molar refractivity (Wildman–Crippen MR) is 47.1 cm³/mol. The summed E-state index contributed by atoms with van der Waals surface area (Å²) in [5.41, 5.74) is 5.20. The molecule has 0 radical (unpaired) electrons. The number of β-amino-alcohol motifs (C(OH)–C–C–N with tert-alkyl or cyclic N) is 1. The number of carbonyl (C=O) groups is 1. The molecule has 5 nitrogen and oxygen atoms in total. The summed E-state index contributed by atoms with van der Waals surface area (Å²) in [5.74, 6) is -0.138. The first-order chi connectivity index (χ1) is 6.19. The van der Waals surface area contributed by atoms with E-state index in [1.54, 1.807) is 0 Å². The Morgan fingerprint density at radius 1 is 1.69 bits per heavy atom. The second-order valence-corrected chi connectivity index (χ2v) is 3.06. The molecule has 2 unspecified atom stereocenters. The van der Waals surface area contributed by atoms with E-state index in [0.29, 0.717) is 19.7 Å². The van der Waals surface area contributed by atoms with E-state index in [1.807, 2.05) is 6.92 Å². The lowest BCUT2D eigenvalue weighted by atomic mass is 10.3. The van der Waals surface area contributed by atoms with E-state index in [0.717, 1.165) is 0 Å². The first-order valence-corrected chi connectivity index (χ1v) is 4.46. The van der Waals surface area contributed by atoms with E-state index in [2.05, 4.69) is 0 Å². The molecule has 1 aliphatic heterocycles. The molecule has 3 N–H and O–H groups in total. The highest BCUT2D eigenvalue weighted by Crippen LogP contribution is 2.13. The minimum Gasteiger partial charge on any atom is -0.388 e. The molecule has 0 saturated carbocycles. The summed E-state index contributed by atoms with van der Waals surface area (Å²) < 4.78 is 5.26. The molecule has 0 aliphatic carbocycles. The van der Waals surface area contributed by atoms with Gasteiger partial charge in [0, 0.05) is 19.7 Å². The summed E-state index contributed by atoms with van der Waals surface area (Å²) in [6, 6.07) is 0. The highest BCUT2D eigenvalue weighted by atomic mass is 16.5. The number of nitrogens with two attached hydrogens (primary N) is 1. The molecule has 1 heterocycles. The van der Waals surface area contributed by atoms with Crippen LogP contribution in [0.5, 0.6) is 0 Å². The predicted octanol–water partition coefficient (Wildman–Crippen LogP) is -1.45. The van der Waals surface area contributed by atoms with E-state index in [1.165, 1.54) is 4.90 Å². The Bertz CT molecular complexity index is 186. The van der Waals surface area contributed by atoms with Crippen molar-refractivity contribution >= 4 is 5.91 Å². The number of likely N-dealkylation sites (tertiary alicyclic amines) is 1. The zero-order valence-electron chi connectivity index (χ0n) is 7.77. The SMILES string of the molecule is CCOC1CN(C(=O)CN)CC1O. The van der Waals surface area contributed by atoms with Crippen LogP contribution in [0.2, 0.25) is 0 Å². The fourth-order valence-corrected chi connectivity index (χ4v) is 1.47. The molecule has 2 atom stereocenters. The van der Waals surface area contributed by atoms with Crippen LogP contribution in [0.15, 0.2) is 0 Å². The Labute approximate surface area is 77.5 Å². The van der Waals surface area contributed by atoms with Crippen LogP contribution in [0.25, 0.3) is 0 Å². The number of aliphatic hydroxyl groups is 1. The van der Waals surface area contributed by atoms with Crippen molar-refractivity contribution in [3.63, 3.8) is 0 Å². The molecular weight excluding hydrogens is 172 g/mol. The number of rotatable bonds is 3. The smallest absolute Gasteiger partial charge is 0.236 e. The third kappa shape index (κ3) is 2.40. The third-order valence-electron chi connectivity index (χ3n) is 2.15. The van der Waals surface area contributed by atoms with E-state index in [4.69, 9.17) is 10.5 Å². The summed E-state index contributed by atoms with van der Waals surface area (Å²) in [5, 5.41) is 9.48. The number of ether oxygens (including phenoxy) is 1. The van der Waals surface area contributed by atoms with Gasteiger partial charge in [0.2, 0.25) is 5.91 Å². The van der Waals surface area contributed by atoms with Crippen LogP contribution < -0.4 is 5.73 Å². The van der Waals surface area contributed by atoms with Gasteiger partial charge >= 0.3 is 0 Å². The number of carbonyl (C=O) groups excluding carboxylic acids is 1. The van der Waals surface area contributed by atoms with Crippen molar-refractivity contribution in [1.29, 1.82) is 0 Å². The Morgan fingerprint density at radius 2 is 2.38 bits per heavy atom. The van der Waals surface area contributed by atoms with Crippen LogP contribution in [0, 0.1) is 0 Å². The molecule has 1 amide bonds. The molecule has 13 heavy (non-hydrogen) atoms. The van der Waals surface area contributed by atoms with Crippen molar-refractivity contribution in [2.75, 3.05) is 26.2 Å². The minimum absolute atomic E-state index is 0.00837. The van der Waals surface area contributed by atoms with Gasteiger partial charge in [0.1, 0.15) is 6.10 Å². The van der Waals surface area contributed by atoms with Crippen LogP contribution in [0.3, 0.4) is 0 Å². The monoisotopic (exact) mass is 188 g/mol. The third-order valence-corrected chi connectivity index (χ3v) is 2.15. The summed E-state index contributed by atoms with van der Waals surface area (Å²) in [7, 11) is 0. The highest BCUT2D eigenvalue weighted by Gasteiger charge is 2.33. The van der Waals surface area contributed by atoms with Gasteiger partial charge < -0.3 is 20.5 Å². The summed E-state index contributed by atoms with van der Waals surface area (Å²) >= 11 is 0. The zero-order chi connectivity index (χ0) is 9.84. The van der Waals surface area contributed by atoms with Crippen molar-refractivity contribution in [3.8, 4) is 0 Å². The van der Waals surface area contributed by atoms with Crippen LogP contribution in [-0.2, 0) is 9.53 Å². The van der Waals surface area contributed by atoms with Crippen LogP contribution in [0.4, 0.5) is 0 Å². The van der Waals surface area contributed by atoms with Crippen molar-refractivity contribution in [2.45, 2.75) is 19.1 Å². The summed E-state index contributed by atoms with van der Waals surface area (Å²) in [6.45, 7) is 3.18. The van der Waals surface area contributed by atoms with Gasteiger partial charge in [0.05, 0.1) is 12.6 Å². The molecule has 1 aliphatic rings. The van der Waals surface area contributed by atoms with Gasteiger partial charge in [-0.1, -0.05) is 0 Å². The van der Waals surface area contributed by atoms with Crippen LogP contribution >= 0.6 is 0 Å². The number of aliphatic hydroxyl groups excluding tert-OH is 1. The zero-order valence-corrected chi connectivity index (χ0v) is 7.77. The lowest BCUT2D eigenvalue weighted by Crippen LogP contribution is -2.35. The average Bonchev–Trinajstić information content (AvgIpc) is 2.47. The van der Waals surface area contributed by atoms with Crippen LogP contribution in [-0.4, -0.2) is 54.4 Å². The quantitative estimate of drug-likeness (QED) is 0.568. The molecule has 0 spiro atoms. The Kier molecular flexibility index (Phi) is 3.65. The standard InChI is InChI=1S/C8H16N2O3/c1-2-13-7-5-10(4-6(7)11)8(12)3-9/h6-7,11H,2-5,9H2,1H3. The van der Waals surface area contributed by atoms with Crippen molar-refractivity contribution in [3.05, 3.63) is 0 Å². The molecule has 0 bridgehead atoms. The maximum absolute atomic E-state index is 11.1. The second kappa shape index (κ2) is 4.55. The van der Waals surface area contributed by atoms with E-state index >= 15 is 0 Å². The van der Waals surface area contributed by atoms with Crippen molar-refractivity contribution in [1.82, 2.24) is 4.90 Å². The summed E-state index contributed by atoms with van der Waals surface area (Å²) in [4.78, 5) is 12.7. The van der Waals surface area contributed by atoms with Gasteiger partial charge in [-0.05, 0) is 6.92 Å². The fourth-order valence-electron chi connectivity index (χ4n) is 1.47. The molecule has 0 aromatic rings. The fraction of sp³-hybridized carbons (Fsp3) is 0.875. The maximum atomic E-state index is 11.1. The van der Waals surface area contributed by atoms with Gasteiger partial charge in [0.15, 0.2) is 0 Å². The molecule has 1 rings (SSSR count). The number of nitrogens with zero attached hydrogens (tertiary/aromatic N) is 1. The minimum atomic E-state index is -0.574. The van der Waals surface area contributed by atoms with Crippen molar-refractivity contribution < 1.29 is 14.6 Å². The van der Waals surface area contributed by atoms with E-state index in [9.17, 15) is 9.90 Å². The van der Waals surface area contributed by atoms with Gasteiger partial charge in [-0.2, -0.15) is 0 Å². The molecule has 76 valence electrons. The Hall–Kier alpha value is -0.650. The van der Waals surface area contributed by atoms with E-state index < -0.39 is 6.10 Å². The Morgan fingerprint density at radius 3 is 2.92 bits per heavy atom. The lowest BCUT2D eigenvalue weighted by molar-refractivity contribution is -0.129. The normalized spacial score (nSPS) is 28.1. The highest BCUT2D eigenvalue weighted by molar-refractivity contribution is 5.78. The molecule has 1 saturated heterocycles. The van der Waals surface area contributed by atoms with Gasteiger partial charge in [0.25, 0.3) is 0 Å². The average molecular weight is 188 g/mol. The number of amides is 1. The molecule has 0 aromatic heterocycles. The lowest BCUT2D eigenvalue weighted by Gasteiger charge is -2.14. The largest absolute Gasteiger partial charge is 0.388 e. The second-order valence-electron chi connectivity index (χ2n) is 3.06. The molecule has 0 aromatic carbocycles. The van der Waals surface area contributed by atoms with Gasteiger partial charge in [-0.15, -0.1) is 0 Å².